The Morgan fingerprint density at radius 3 is 2.70 bits per heavy atom. The highest BCUT2D eigenvalue weighted by atomic mass is 19.4. The Bertz CT molecular complexity index is 424. The molecule has 1 fully saturated rings. The van der Waals surface area contributed by atoms with Gasteiger partial charge in [0.2, 0.25) is 5.95 Å². The summed E-state index contributed by atoms with van der Waals surface area (Å²) in [5, 5.41) is 3.04. The van der Waals surface area contributed by atoms with Crippen LogP contribution < -0.4 is 10.1 Å². The summed E-state index contributed by atoms with van der Waals surface area (Å²) in [6, 6.07) is 0. The van der Waals surface area contributed by atoms with E-state index in [1.54, 1.807) is 12.4 Å². The number of hydrogen-bond donors (Lipinski definition) is 1. The van der Waals surface area contributed by atoms with E-state index in [0.29, 0.717) is 31.3 Å². The molecule has 0 aliphatic carbocycles. The summed E-state index contributed by atoms with van der Waals surface area (Å²) < 4.78 is 41.7. The minimum atomic E-state index is -4.12. The Kier molecular flexibility index (Phi) is 4.64. The normalized spacial score (nSPS) is 20.1. The van der Waals surface area contributed by atoms with Crippen molar-refractivity contribution >= 4 is 5.95 Å². The lowest BCUT2D eigenvalue weighted by atomic mass is 10.1. The molecule has 2 heterocycles. The van der Waals surface area contributed by atoms with E-state index in [1.807, 2.05) is 0 Å². The largest absolute Gasteiger partial charge is 0.494 e. The van der Waals surface area contributed by atoms with E-state index >= 15 is 0 Å². The number of anilines is 1. The molecule has 0 radical (unpaired) electrons. The molecule has 20 heavy (non-hydrogen) atoms. The predicted molar refractivity (Wildman–Crippen MR) is 67.7 cm³/mol. The molecule has 2 rings (SSSR count). The van der Waals surface area contributed by atoms with Gasteiger partial charge in [-0.1, -0.05) is 0 Å². The Morgan fingerprint density at radius 1 is 1.40 bits per heavy atom. The van der Waals surface area contributed by atoms with Crippen molar-refractivity contribution in [1.29, 1.82) is 0 Å². The Morgan fingerprint density at radius 2 is 2.10 bits per heavy atom. The van der Waals surface area contributed by atoms with E-state index in [2.05, 4.69) is 15.3 Å². The second kappa shape index (κ2) is 6.25. The summed E-state index contributed by atoms with van der Waals surface area (Å²) >= 11 is 0. The highest BCUT2D eigenvalue weighted by Crippen LogP contribution is 2.22. The molecule has 1 aromatic rings. The third kappa shape index (κ3) is 4.52. The van der Waals surface area contributed by atoms with Gasteiger partial charge in [0.15, 0.2) is 5.75 Å². The summed E-state index contributed by atoms with van der Waals surface area (Å²) in [6.07, 6.45) is -0.291. The molecule has 5 nitrogen and oxygen atoms in total. The first-order valence-electron chi connectivity index (χ1n) is 6.35. The monoisotopic (exact) mass is 290 g/mol. The van der Waals surface area contributed by atoms with Crippen molar-refractivity contribution in [2.24, 2.45) is 5.92 Å². The van der Waals surface area contributed by atoms with Gasteiger partial charge in [0, 0.05) is 13.1 Å². The Balaban J connectivity index is 1.75. The van der Waals surface area contributed by atoms with Crippen LogP contribution in [0.2, 0.25) is 0 Å². The van der Waals surface area contributed by atoms with Gasteiger partial charge in [0.1, 0.15) is 0 Å². The van der Waals surface area contributed by atoms with Crippen molar-refractivity contribution in [3.8, 4) is 5.75 Å². The maximum absolute atomic E-state index is 12.3. The van der Waals surface area contributed by atoms with Gasteiger partial charge in [0.05, 0.1) is 26.0 Å². The Hall–Kier alpha value is -1.57. The van der Waals surface area contributed by atoms with Crippen molar-refractivity contribution in [2.45, 2.75) is 12.6 Å². The number of ether oxygens (including phenoxy) is 1. The third-order valence-electron chi connectivity index (χ3n) is 3.19. The minimum absolute atomic E-state index is 0.183. The molecule has 0 spiro atoms. The van der Waals surface area contributed by atoms with Gasteiger partial charge in [-0.2, -0.15) is 13.2 Å². The van der Waals surface area contributed by atoms with Crippen molar-refractivity contribution in [3.63, 3.8) is 0 Å². The molecule has 1 aliphatic heterocycles. The van der Waals surface area contributed by atoms with Gasteiger partial charge in [0.25, 0.3) is 0 Å². The second-order valence-corrected chi connectivity index (χ2v) is 4.83. The number of nitrogens with zero attached hydrogens (tertiary/aromatic N) is 3. The van der Waals surface area contributed by atoms with E-state index in [-0.39, 0.29) is 5.92 Å². The van der Waals surface area contributed by atoms with Gasteiger partial charge in [-0.15, -0.1) is 0 Å². The van der Waals surface area contributed by atoms with Gasteiger partial charge in [-0.3, -0.25) is 4.90 Å². The average Bonchev–Trinajstić information content (AvgIpc) is 2.82. The lowest BCUT2D eigenvalue weighted by Gasteiger charge is -2.17. The van der Waals surface area contributed by atoms with Crippen LogP contribution in [0, 0.1) is 5.92 Å². The summed E-state index contributed by atoms with van der Waals surface area (Å²) in [6.45, 7) is 0.668. The van der Waals surface area contributed by atoms with Crippen molar-refractivity contribution in [3.05, 3.63) is 12.4 Å². The SMILES string of the molecule is COc1cnc(NCC2CCN(CC(F)(F)F)C2)nc1. The fourth-order valence-electron chi connectivity index (χ4n) is 2.23. The summed E-state index contributed by atoms with van der Waals surface area (Å²) in [5.41, 5.74) is 0. The fraction of sp³-hybridized carbons (Fsp3) is 0.667. The first-order valence-corrected chi connectivity index (χ1v) is 6.35. The zero-order valence-corrected chi connectivity index (χ0v) is 11.2. The molecule has 1 aliphatic rings. The summed E-state index contributed by atoms with van der Waals surface area (Å²) in [4.78, 5) is 9.53. The van der Waals surface area contributed by atoms with Crippen LogP contribution in [0.25, 0.3) is 0 Å². The van der Waals surface area contributed by atoms with Gasteiger partial charge < -0.3 is 10.1 Å². The van der Waals surface area contributed by atoms with Crippen LogP contribution in [0.15, 0.2) is 12.4 Å². The fourth-order valence-corrected chi connectivity index (χ4v) is 2.23. The smallest absolute Gasteiger partial charge is 0.401 e. The van der Waals surface area contributed by atoms with Crippen LogP contribution in [0.4, 0.5) is 19.1 Å². The molecule has 0 bridgehead atoms. The number of likely N-dealkylation sites (tertiary alicyclic amines) is 1. The summed E-state index contributed by atoms with van der Waals surface area (Å²) in [5.74, 6) is 1.20. The molecule has 1 saturated heterocycles. The third-order valence-corrected chi connectivity index (χ3v) is 3.19. The maximum atomic E-state index is 12.3. The molecule has 1 aromatic heterocycles. The first-order chi connectivity index (χ1) is 9.46. The molecule has 1 unspecified atom stereocenters. The van der Waals surface area contributed by atoms with Gasteiger partial charge in [-0.05, 0) is 18.9 Å². The van der Waals surface area contributed by atoms with E-state index in [1.165, 1.54) is 12.0 Å². The number of alkyl halides is 3. The van der Waals surface area contributed by atoms with Crippen molar-refractivity contribution < 1.29 is 17.9 Å². The number of rotatable bonds is 5. The lowest BCUT2D eigenvalue weighted by molar-refractivity contribution is -0.143. The molecular formula is C12H17F3N4O. The van der Waals surface area contributed by atoms with Crippen LogP contribution in [-0.4, -0.2) is 54.3 Å². The zero-order chi connectivity index (χ0) is 14.6. The highest BCUT2D eigenvalue weighted by molar-refractivity contribution is 5.27. The Labute approximate surface area is 115 Å². The molecule has 0 amide bonds. The zero-order valence-electron chi connectivity index (χ0n) is 11.2. The number of methoxy groups -OCH3 is 1. The van der Waals surface area contributed by atoms with E-state index in [0.717, 1.165) is 6.42 Å². The van der Waals surface area contributed by atoms with Crippen molar-refractivity contribution in [2.75, 3.05) is 38.6 Å². The van der Waals surface area contributed by atoms with Crippen LogP contribution in [-0.2, 0) is 0 Å². The molecule has 1 atom stereocenters. The van der Waals surface area contributed by atoms with Crippen LogP contribution in [0.1, 0.15) is 6.42 Å². The molecule has 112 valence electrons. The minimum Gasteiger partial charge on any atom is -0.494 e. The van der Waals surface area contributed by atoms with Crippen LogP contribution in [0.3, 0.4) is 0 Å². The number of nitrogens with one attached hydrogen (secondary N) is 1. The summed E-state index contributed by atoms with van der Waals surface area (Å²) in [7, 11) is 1.53. The van der Waals surface area contributed by atoms with Crippen LogP contribution in [0.5, 0.6) is 5.75 Å². The molecule has 0 saturated carbocycles. The topological polar surface area (TPSA) is 50.3 Å². The average molecular weight is 290 g/mol. The second-order valence-electron chi connectivity index (χ2n) is 4.83. The van der Waals surface area contributed by atoms with Gasteiger partial charge in [-0.25, -0.2) is 9.97 Å². The standard InChI is InChI=1S/C12H17F3N4O/c1-20-10-5-17-11(18-6-10)16-4-9-2-3-19(7-9)8-12(13,14)15/h5-6,9H,2-4,7-8H2,1H3,(H,16,17,18). The predicted octanol–water partition coefficient (Wildman–Crippen LogP) is 1.78. The quantitative estimate of drug-likeness (QED) is 0.896. The van der Waals surface area contributed by atoms with Gasteiger partial charge >= 0.3 is 6.18 Å². The molecule has 1 N–H and O–H groups in total. The molecular weight excluding hydrogens is 273 g/mol. The highest BCUT2D eigenvalue weighted by Gasteiger charge is 2.34. The number of aromatic nitrogens is 2. The maximum Gasteiger partial charge on any atom is 0.401 e. The molecule has 8 heteroatoms. The van der Waals surface area contributed by atoms with Crippen LogP contribution >= 0.6 is 0 Å². The van der Waals surface area contributed by atoms with E-state index in [9.17, 15) is 13.2 Å². The first kappa shape index (κ1) is 14.8. The lowest BCUT2D eigenvalue weighted by Crippen LogP contribution is -2.33. The number of hydrogen-bond acceptors (Lipinski definition) is 5. The number of halogens is 3. The molecule has 0 aromatic carbocycles. The van der Waals surface area contributed by atoms with Crippen molar-refractivity contribution in [1.82, 2.24) is 14.9 Å². The van der Waals surface area contributed by atoms with E-state index < -0.39 is 12.7 Å². The van der Waals surface area contributed by atoms with E-state index in [4.69, 9.17) is 4.74 Å².